The van der Waals surface area contributed by atoms with E-state index in [2.05, 4.69) is 4.90 Å². The molecule has 1 saturated heterocycles. The van der Waals surface area contributed by atoms with Crippen molar-refractivity contribution < 1.29 is 17.9 Å². The van der Waals surface area contributed by atoms with Crippen molar-refractivity contribution in [1.29, 1.82) is 0 Å². The lowest BCUT2D eigenvalue weighted by Crippen LogP contribution is -2.43. The molecule has 0 radical (unpaired) electrons. The first-order valence-electron chi connectivity index (χ1n) is 13.0. The van der Waals surface area contributed by atoms with E-state index in [1.54, 1.807) is 17.0 Å². The van der Waals surface area contributed by atoms with E-state index < -0.39 is 10.0 Å². The number of morpholine rings is 1. The van der Waals surface area contributed by atoms with Crippen LogP contribution < -0.4 is 4.90 Å². The number of nitrogens with zero attached hydrogens (tertiary/aromatic N) is 4. The summed E-state index contributed by atoms with van der Waals surface area (Å²) in [6, 6.07) is 9.99. The Hall–Kier alpha value is -2.08. The number of aromatic nitrogens is 1. The van der Waals surface area contributed by atoms with Gasteiger partial charge in [0.2, 0.25) is 10.0 Å². The van der Waals surface area contributed by atoms with E-state index in [1.165, 1.54) is 27.8 Å². The minimum Gasteiger partial charge on any atom is -0.379 e. The SMILES string of the molecule is CCCCN(CC)S(=O)(=O)c1ccc(C(=O)N(CCN2CCOCC2)c2nc3c(C)cc(Cl)cc3s2)cc1. The predicted octanol–water partition coefficient (Wildman–Crippen LogP) is 5.05. The summed E-state index contributed by atoms with van der Waals surface area (Å²) in [5.41, 5.74) is 2.19. The lowest BCUT2D eigenvalue weighted by molar-refractivity contribution is 0.0391. The Morgan fingerprint density at radius 3 is 2.50 bits per heavy atom. The quantitative estimate of drug-likeness (QED) is 0.317. The molecular formula is C27H35ClN4O4S2. The van der Waals surface area contributed by atoms with Crippen molar-refractivity contribution in [2.45, 2.75) is 38.5 Å². The minimum atomic E-state index is -3.62. The third-order valence-electron chi connectivity index (χ3n) is 6.71. The fourth-order valence-electron chi connectivity index (χ4n) is 4.47. The highest BCUT2D eigenvalue weighted by molar-refractivity contribution is 7.89. The van der Waals surface area contributed by atoms with Crippen LogP contribution in [0.25, 0.3) is 10.2 Å². The second-order valence-electron chi connectivity index (χ2n) is 9.35. The van der Waals surface area contributed by atoms with E-state index in [0.29, 0.717) is 55.1 Å². The van der Waals surface area contributed by atoms with Crippen molar-refractivity contribution in [2.75, 3.05) is 57.4 Å². The molecule has 2 heterocycles. The minimum absolute atomic E-state index is 0.192. The Bertz CT molecular complexity index is 1360. The lowest BCUT2D eigenvalue weighted by atomic mass is 10.2. The fraction of sp³-hybridized carbons (Fsp3) is 0.481. The molecule has 11 heteroatoms. The van der Waals surface area contributed by atoms with E-state index in [0.717, 1.165) is 41.7 Å². The molecule has 0 aliphatic carbocycles. The zero-order valence-electron chi connectivity index (χ0n) is 22.2. The van der Waals surface area contributed by atoms with Crippen LogP contribution in [0.15, 0.2) is 41.3 Å². The van der Waals surface area contributed by atoms with Crippen LogP contribution in [0.2, 0.25) is 5.02 Å². The number of halogens is 1. The largest absolute Gasteiger partial charge is 0.379 e. The van der Waals surface area contributed by atoms with Crippen LogP contribution in [-0.2, 0) is 14.8 Å². The molecule has 206 valence electrons. The van der Waals surface area contributed by atoms with E-state index >= 15 is 0 Å². The fourth-order valence-corrected chi connectivity index (χ4v) is 7.40. The van der Waals surface area contributed by atoms with Crippen molar-refractivity contribution in [2.24, 2.45) is 0 Å². The molecule has 0 spiro atoms. The maximum atomic E-state index is 13.8. The average molecular weight is 579 g/mol. The van der Waals surface area contributed by atoms with Gasteiger partial charge >= 0.3 is 0 Å². The summed E-state index contributed by atoms with van der Waals surface area (Å²) in [6.07, 6.45) is 1.71. The Morgan fingerprint density at radius 1 is 1.13 bits per heavy atom. The molecule has 1 aromatic heterocycles. The van der Waals surface area contributed by atoms with Gasteiger partial charge in [0, 0.05) is 49.9 Å². The van der Waals surface area contributed by atoms with Crippen LogP contribution >= 0.6 is 22.9 Å². The number of ether oxygens (including phenoxy) is 1. The zero-order chi connectivity index (χ0) is 27.3. The van der Waals surface area contributed by atoms with Gasteiger partial charge in [0.15, 0.2) is 5.13 Å². The van der Waals surface area contributed by atoms with E-state index in [9.17, 15) is 13.2 Å². The van der Waals surface area contributed by atoms with Gasteiger partial charge in [-0.2, -0.15) is 4.31 Å². The first-order chi connectivity index (χ1) is 18.2. The molecule has 3 aromatic rings. The number of aryl methyl sites for hydroxylation is 1. The van der Waals surface area contributed by atoms with Gasteiger partial charge in [0.05, 0.1) is 28.3 Å². The number of carbonyl (C=O) groups excluding carboxylic acids is 1. The molecule has 0 N–H and O–H groups in total. The first-order valence-corrected chi connectivity index (χ1v) is 15.7. The van der Waals surface area contributed by atoms with Crippen molar-refractivity contribution in [3.8, 4) is 0 Å². The van der Waals surface area contributed by atoms with Gasteiger partial charge in [-0.1, -0.05) is 43.2 Å². The standard InChI is InChI=1S/C27H35ClN4O4S2/c1-4-6-11-31(5-2)38(34,35)23-9-7-21(8-10-23)26(33)32(13-12-30-14-16-36-17-15-30)27-29-25-20(3)18-22(28)19-24(25)37-27/h7-10,18-19H,4-6,11-17H2,1-3H3. The van der Waals surface area contributed by atoms with Gasteiger partial charge < -0.3 is 4.74 Å². The number of fused-ring (bicyclic) bond motifs is 1. The van der Waals surface area contributed by atoms with Crippen molar-refractivity contribution >= 4 is 54.2 Å². The molecular weight excluding hydrogens is 544 g/mol. The molecule has 0 atom stereocenters. The highest BCUT2D eigenvalue weighted by Gasteiger charge is 2.26. The summed E-state index contributed by atoms with van der Waals surface area (Å²) in [6.45, 7) is 10.8. The van der Waals surface area contributed by atoms with E-state index in [-0.39, 0.29) is 10.8 Å². The topological polar surface area (TPSA) is 83.1 Å². The number of benzene rings is 2. The third-order valence-corrected chi connectivity index (χ3v) is 9.94. The molecule has 1 fully saturated rings. The highest BCUT2D eigenvalue weighted by Crippen LogP contribution is 2.33. The molecule has 1 amide bonds. The Kier molecular flexibility index (Phi) is 9.78. The summed E-state index contributed by atoms with van der Waals surface area (Å²) < 4.78 is 34.1. The molecule has 0 bridgehead atoms. The number of thiazole rings is 1. The maximum absolute atomic E-state index is 13.8. The van der Waals surface area contributed by atoms with Crippen LogP contribution in [0.5, 0.6) is 0 Å². The monoisotopic (exact) mass is 578 g/mol. The molecule has 1 aliphatic rings. The van der Waals surface area contributed by atoms with Crippen molar-refractivity contribution in [1.82, 2.24) is 14.2 Å². The van der Waals surface area contributed by atoms with Gasteiger partial charge in [-0.15, -0.1) is 0 Å². The number of rotatable bonds is 11. The Labute approximate surface area is 234 Å². The molecule has 38 heavy (non-hydrogen) atoms. The summed E-state index contributed by atoms with van der Waals surface area (Å²) in [4.78, 5) is 22.8. The first kappa shape index (κ1) is 28.9. The summed E-state index contributed by atoms with van der Waals surface area (Å²) in [5.74, 6) is -0.219. The second kappa shape index (κ2) is 12.8. The summed E-state index contributed by atoms with van der Waals surface area (Å²) in [7, 11) is -3.62. The lowest BCUT2D eigenvalue weighted by Gasteiger charge is -2.29. The smallest absolute Gasteiger partial charge is 0.260 e. The second-order valence-corrected chi connectivity index (χ2v) is 12.7. The van der Waals surface area contributed by atoms with E-state index in [1.807, 2.05) is 32.9 Å². The van der Waals surface area contributed by atoms with Crippen LogP contribution in [0.3, 0.4) is 0 Å². The maximum Gasteiger partial charge on any atom is 0.260 e. The van der Waals surface area contributed by atoms with Gasteiger partial charge in [0.25, 0.3) is 5.91 Å². The van der Waals surface area contributed by atoms with Gasteiger partial charge in [0.1, 0.15) is 0 Å². The molecule has 0 unspecified atom stereocenters. The zero-order valence-corrected chi connectivity index (χ0v) is 24.5. The number of sulfonamides is 1. The van der Waals surface area contributed by atoms with Gasteiger partial charge in [-0.25, -0.2) is 13.4 Å². The van der Waals surface area contributed by atoms with E-state index in [4.69, 9.17) is 21.3 Å². The molecule has 2 aromatic carbocycles. The van der Waals surface area contributed by atoms with Crippen LogP contribution in [0.1, 0.15) is 42.6 Å². The number of unbranched alkanes of at least 4 members (excludes halogenated alkanes) is 1. The van der Waals surface area contributed by atoms with Crippen LogP contribution in [-0.4, -0.2) is 81.0 Å². The highest BCUT2D eigenvalue weighted by atomic mass is 35.5. The average Bonchev–Trinajstić information content (AvgIpc) is 3.34. The number of anilines is 1. The van der Waals surface area contributed by atoms with Crippen LogP contribution in [0.4, 0.5) is 5.13 Å². The van der Waals surface area contributed by atoms with Crippen molar-refractivity contribution in [3.05, 3.63) is 52.5 Å². The van der Waals surface area contributed by atoms with Crippen molar-refractivity contribution in [3.63, 3.8) is 0 Å². The predicted molar refractivity (Wildman–Crippen MR) is 154 cm³/mol. The molecule has 1 aliphatic heterocycles. The summed E-state index contributed by atoms with van der Waals surface area (Å²) in [5, 5.41) is 1.23. The van der Waals surface area contributed by atoms with Gasteiger partial charge in [-0.3, -0.25) is 14.6 Å². The molecule has 0 saturated carbocycles. The number of amides is 1. The normalized spacial score (nSPS) is 14.9. The van der Waals surface area contributed by atoms with Gasteiger partial charge in [-0.05, 0) is 55.3 Å². The Morgan fingerprint density at radius 2 is 1.84 bits per heavy atom. The number of hydrogen-bond acceptors (Lipinski definition) is 7. The molecule has 4 rings (SSSR count). The third kappa shape index (κ3) is 6.55. The van der Waals surface area contributed by atoms with Crippen LogP contribution in [0, 0.1) is 6.92 Å². The number of hydrogen-bond donors (Lipinski definition) is 0. The number of carbonyl (C=O) groups is 1. The molecule has 8 nitrogen and oxygen atoms in total. The Balaban J connectivity index is 1.62. The summed E-state index contributed by atoms with van der Waals surface area (Å²) >= 11 is 7.70.